The minimum atomic E-state index is 0.0659. The molecule has 4 rings (SSSR count). The first-order valence-electron chi connectivity index (χ1n) is 9.57. The summed E-state index contributed by atoms with van der Waals surface area (Å²) in [5, 5.41) is 7.69. The van der Waals surface area contributed by atoms with Crippen LogP contribution in [0.2, 0.25) is 0 Å². The Morgan fingerprint density at radius 2 is 1.92 bits per heavy atom. The second-order valence-electron chi connectivity index (χ2n) is 7.37. The predicted molar refractivity (Wildman–Crippen MR) is 97.4 cm³/mol. The van der Waals surface area contributed by atoms with Gasteiger partial charge in [-0.05, 0) is 32.1 Å². The zero-order valence-electron chi connectivity index (χ0n) is 14.7. The molecule has 0 bridgehead atoms. The molecule has 1 aromatic heterocycles. The van der Waals surface area contributed by atoms with E-state index in [1.165, 1.54) is 30.5 Å². The fraction of sp³-hybridized carbons (Fsp3) is 0.524. The number of H-pyrrole nitrogens is 1. The molecule has 0 radical (unpaired) electrons. The third-order valence-electron chi connectivity index (χ3n) is 5.66. The number of aromatic nitrogens is 2. The summed E-state index contributed by atoms with van der Waals surface area (Å²) in [5.74, 6) is 0.326. The second kappa shape index (κ2) is 7.52. The molecule has 2 aliphatic rings. The van der Waals surface area contributed by atoms with Crippen LogP contribution >= 0.6 is 0 Å². The number of benzene rings is 1. The smallest absolute Gasteiger partial charge is 0.161 e. The molecule has 0 aliphatic heterocycles. The van der Waals surface area contributed by atoms with Gasteiger partial charge < -0.3 is 4.74 Å². The predicted octanol–water partition coefficient (Wildman–Crippen LogP) is 4.10. The van der Waals surface area contributed by atoms with Crippen LogP contribution in [0.4, 0.5) is 0 Å². The highest BCUT2D eigenvalue weighted by atomic mass is 16.5. The summed E-state index contributed by atoms with van der Waals surface area (Å²) in [5.41, 5.74) is 4.53. The fourth-order valence-electron chi connectivity index (χ4n) is 4.15. The highest BCUT2D eigenvalue weighted by Crippen LogP contribution is 2.32. The van der Waals surface area contributed by atoms with E-state index in [2.05, 4.69) is 22.3 Å². The van der Waals surface area contributed by atoms with Crippen molar-refractivity contribution in [1.82, 2.24) is 10.2 Å². The molecular formula is C21H26N2O2. The number of aromatic amines is 1. The molecule has 0 spiro atoms. The first-order valence-corrected chi connectivity index (χ1v) is 9.57. The third-order valence-corrected chi connectivity index (χ3v) is 5.66. The topological polar surface area (TPSA) is 55.0 Å². The number of rotatable bonds is 5. The number of fused-ring (bicyclic) bond motifs is 1. The van der Waals surface area contributed by atoms with Gasteiger partial charge in [-0.3, -0.25) is 9.89 Å². The molecule has 4 nitrogen and oxygen atoms in total. The van der Waals surface area contributed by atoms with Gasteiger partial charge in [0.15, 0.2) is 5.78 Å². The van der Waals surface area contributed by atoms with Gasteiger partial charge in [0, 0.05) is 22.7 Å². The molecule has 0 saturated heterocycles. The number of Topliss-reactive ketones (excluding diaryl/α,β-unsaturated/α-hetero) is 1. The minimum Gasteiger partial charge on any atom is -0.370 e. The number of ether oxygens (including phenoxy) is 1. The summed E-state index contributed by atoms with van der Waals surface area (Å²) in [6.07, 6.45) is 8.88. The number of hydrogen-bond donors (Lipinski definition) is 1. The van der Waals surface area contributed by atoms with E-state index in [0.29, 0.717) is 6.10 Å². The lowest BCUT2D eigenvalue weighted by molar-refractivity contribution is -0.130. The van der Waals surface area contributed by atoms with E-state index < -0.39 is 0 Å². The van der Waals surface area contributed by atoms with Crippen molar-refractivity contribution >= 4 is 5.78 Å². The van der Waals surface area contributed by atoms with Gasteiger partial charge in [0.1, 0.15) is 6.61 Å². The summed E-state index contributed by atoms with van der Waals surface area (Å²) in [6, 6.07) is 10.2. The number of nitrogens with zero attached hydrogens (tertiary/aromatic N) is 1. The van der Waals surface area contributed by atoms with Crippen LogP contribution in [-0.2, 0) is 22.4 Å². The lowest BCUT2D eigenvalue weighted by atomic mass is 9.83. The quantitative estimate of drug-likeness (QED) is 0.893. The monoisotopic (exact) mass is 338 g/mol. The summed E-state index contributed by atoms with van der Waals surface area (Å²) in [7, 11) is 0. The van der Waals surface area contributed by atoms with Gasteiger partial charge in [-0.15, -0.1) is 0 Å². The molecule has 1 unspecified atom stereocenters. The number of hydrogen-bond acceptors (Lipinski definition) is 3. The van der Waals surface area contributed by atoms with Crippen molar-refractivity contribution in [3.05, 3.63) is 41.6 Å². The Labute approximate surface area is 149 Å². The summed E-state index contributed by atoms with van der Waals surface area (Å²) >= 11 is 0. The third kappa shape index (κ3) is 3.69. The molecule has 1 saturated carbocycles. The van der Waals surface area contributed by atoms with Crippen LogP contribution in [-0.4, -0.2) is 28.7 Å². The molecule has 1 atom stereocenters. The molecular weight excluding hydrogens is 312 g/mol. The van der Waals surface area contributed by atoms with Gasteiger partial charge in [0.2, 0.25) is 0 Å². The average Bonchev–Trinajstić information content (AvgIpc) is 3.11. The van der Waals surface area contributed by atoms with Gasteiger partial charge in [0.25, 0.3) is 0 Å². The first-order chi connectivity index (χ1) is 12.3. The maximum Gasteiger partial charge on any atom is 0.161 e. The summed E-state index contributed by atoms with van der Waals surface area (Å²) in [4.78, 5) is 12.7. The van der Waals surface area contributed by atoms with Crippen molar-refractivity contribution in [3.63, 3.8) is 0 Å². The molecule has 1 N–H and O–H groups in total. The molecule has 1 aromatic carbocycles. The molecule has 1 heterocycles. The lowest BCUT2D eigenvalue weighted by Crippen LogP contribution is -2.28. The van der Waals surface area contributed by atoms with Crippen LogP contribution in [0.15, 0.2) is 30.3 Å². The number of carbonyl (C=O) groups excluding carboxylic acids is 1. The van der Waals surface area contributed by atoms with E-state index in [4.69, 9.17) is 4.74 Å². The largest absolute Gasteiger partial charge is 0.370 e. The summed E-state index contributed by atoms with van der Waals surface area (Å²) in [6.45, 7) is 0.281. The van der Waals surface area contributed by atoms with Crippen LogP contribution in [0.25, 0.3) is 11.3 Å². The van der Waals surface area contributed by atoms with Crippen molar-refractivity contribution in [3.8, 4) is 11.3 Å². The van der Waals surface area contributed by atoms with Crippen molar-refractivity contribution in [1.29, 1.82) is 0 Å². The Balaban J connectivity index is 1.41. The van der Waals surface area contributed by atoms with Gasteiger partial charge >= 0.3 is 0 Å². The maximum absolute atomic E-state index is 12.7. The van der Waals surface area contributed by atoms with Crippen molar-refractivity contribution in [2.45, 2.75) is 57.5 Å². The van der Waals surface area contributed by atoms with Crippen LogP contribution in [0.5, 0.6) is 0 Å². The zero-order valence-corrected chi connectivity index (χ0v) is 14.7. The van der Waals surface area contributed by atoms with E-state index in [9.17, 15) is 4.79 Å². The minimum absolute atomic E-state index is 0.0659. The van der Waals surface area contributed by atoms with E-state index in [1.807, 2.05) is 18.2 Å². The number of carbonyl (C=O) groups is 1. The van der Waals surface area contributed by atoms with Gasteiger partial charge in [0.05, 0.1) is 11.8 Å². The van der Waals surface area contributed by atoms with Gasteiger partial charge in [-0.25, -0.2) is 0 Å². The Kier molecular flexibility index (Phi) is 4.97. The molecule has 4 heteroatoms. The summed E-state index contributed by atoms with van der Waals surface area (Å²) < 4.78 is 5.91. The molecule has 132 valence electrons. The second-order valence-corrected chi connectivity index (χ2v) is 7.37. The zero-order chi connectivity index (χ0) is 17.1. The van der Waals surface area contributed by atoms with Crippen molar-refractivity contribution < 1.29 is 9.53 Å². The fourth-order valence-corrected chi connectivity index (χ4v) is 4.15. The van der Waals surface area contributed by atoms with Crippen molar-refractivity contribution in [2.75, 3.05) is 6.61 Å². The van der Waals surface area contributed by atoms with Crippen molar-refractivity contribution in [2.24, 2.45) is 5.92 Å². The van der Waals surface area contributed by atoms with E-state index in [-0.39, 0.29) is 18.3 Å². The SMILES string of the molecule is O=C(COC1CCCCC1)C1CCc2[nH]nc(-c3ccccc3)c2C1. The Morgan fingerprint density at radius 3 is 2.72 bits per heavy atom. The van der Waals surface area contributed by atoms with Gasteiger partial charge in [-0.2, -0.15) is 5.10 Å². The first kappa shape index (κ1) is 16.5. The van der Waals surface area contributed by atoms with Gasteiger partial charge in [-0.1, -0.05) is 49.6 Å². The Bertz CT molecular complexity index is 717. The van der Waals surface area contributed by atoms with E-state index in [0.717, 1.165) is 43.4 Å². The number of aryl methyl sites for hydroxylation is 1. The average molecular weight is 338 g/mol. The molecule has 25 heavy (non-hydrogen) atoms. The van der Waals surface area contributed by atoms with Crippen LogP contribution in [0, 0.1) is 5.92 Å². The number of ketones is 1. The maximum atomic E-state index is 12.7. The lowest BCUT2D eigenvalue weighted by Gasteiger charge is -2.25. The standard InChI is InChI=1S/C21H26N2O2/c24-20(14-25-17-9-5-2-6-10-17)16-11-12-19-18(13-16)21(23-22-19)15-7-3-1-4-8-15/h1,3-4,7-8,16-17H,2,5-6,9-14H2,(H,22,23). The Hall–Kier alpha value is -1.94. The normalized spacial score (nSPS) is 21.0. The van der Waals surface area contributed by atoms with Crippen LogP contribution in [0.3, 0.4) is 0 Å². The molecule has 0 amide bonds. The highest BCUT2D eigenvalue weighted by molar-refractivity contribution is 5.83. The van der Waals surface area contributed by atoms with E-state index >= 15 is 0 Å². The molecule has 2 aliphatic carbocycles. The number of nitrogens with one attached hydrogen (secondary N) is 1. The molecule has 2 aromatic rings. The molecule has 1 fully saturated rings. The van der Waals surface area contributed by atoms with Crippen LogP contribution < -0.4 is 0 Å². The Morgan fingerprint density at radius 1 is 1.12 bits per heavy atom. The van der Waals surface area contributed by atoms with Crippen LogP contribution in [0.1, 0.15) is 49.8 Å². The highest BCUT2D eigenvalue weighted by Gasteiger charge is 2.29. The van der Waals surface area contributed by atoms with E-state index in [1.54, 1.807) is 0 Å².